The average molecular weight is 225 g/mol. The Labute approximate surface area is 104 Å². The van der Waals surface area contributed by atoms with E-state index in [4.69, 9.17) is 0 Å². The van der Waals surface area contributed by atoms with E-state index in [-0.39, 0.29) is 0 Å². The lowest BCUT2D eigenvalue weighted by Crippen LogP contribution is -2.18. The van der Waals surface area contributed by atoms with Crippen molar-refractivity contribution in [2.24, 2.45) is 10.8 Å². The van der Waals surface area contributed by atoms with Gasteiger partial charge in [0.15, 0.2) is 0 Å². The molecule has 97 valence electrons. The predicted molar refractivity (Wildman–Crippen MR) is 75.5 cm³/mol. The van der Waals surface area contributed by atoms with E-state index in [2.05, 4.69) is 48.5 Å². The minimum absolute atomic E-state index is 0.448. The highest BCUT2D eigenvalue weighted by Gasteiger charge is 2.23. The molecule has 0 aromatic rings. The van der Waals surface area contributed by atoms with Gasteiger partial charge in [-0.2, -0.15) is 0 Å². The van der Waals surface area contributed by atoms with Crippen LogP contribution in [0.3, 0.4) is 0 Å². The zero-order chi connectivity index (χ0) is 12.8. The third kappa shape index (κ3) is 9.24. The van der Waals surface area contributed by atoms with Gasteiger partial charge in [-0.15, -0.1) is 0 Å². The van der Waals surface area contributed by atoms with Gasteiger partial charge in [-0.05, 0) is 36.0 Å². The molecule has 0 spiro atoms. The van der Waals surface area contributed by atoms with Crippen LogP contribution in [0.1, 0.15) is 87.0 Å². The van der Waals surface area contributed by atoms with Crippen molar-refractivity contribution in [3.05, 3.63) is 5.92 Å². The summed E-state index contributed by atoms with van der Waals surface area (Å²) >= 11 is 0. The molecule has 0 aromatic heterocycles. The number of hydrogen-bond donors (Lipinski definition) is 0. The predicted octanol–water partition coefficient (Wildman–Crippen LogP) is 6.01. The lowest BCUT2D eigenvalue weighted by Gasteiger charge is -2.31. The second-order valence-electron chi connectivity index (χ2n) is 7.49. The molecule has 0 aliphatic heterocycles. The highest BCUT2D eigenvalue weighted by molar-refractivity contribution is 4.93. The molecule has 0 heterocycles. The maximum absolute atomic E-state index is 2.43. The molecule has 0 aliphatic rings. The van der Waals surface area contributed by atoms with Crippen LogP contribution in [0.5, 0.6) is 0 Å². The molecule has 1 radical (unpaired) electrons. The Morgan fingerprint density at radius 3 is 1.88 bits per heavy atom. The van der Waals surface area contributed by atoms with E-state index in [0.717, 1.165) is 0 Å². The molecule has 0 aromatic carbocycles. The van der Waals surface area contributed by atoms with Crippen LogP contribution >= 0.6 is 0 Å². The van der Waals surface area contributed by atoms with E-state index >= 15 is 0 Å². The SMILES string of the molecule is CCCCCC(C)(C)C[C](C)CC(C)(C)C. The van der Waals surface area contributed by atoms with Crippen molar-refractivity contribution in [1.29, 1.82) is 0 Å². The topological polar surface area (TPSA) is 0 Å². The molecule has 0 unspecified atom stereocenters. The van der Waals surface area contributed by atoms with Crippen LogP contribution in [0.4, 0.5) is 0 Å². The molecule has 0 fully saturated rings. The van der Waals surface area contributed by atoms with Crippen LogP contribution in [-0.2, 0) is 0 Å². The summed E-state index contributed by atoms with van der Waals surface area (Å²) in [5.41, 5.74) is 0.952. The maximum Gasteiger partial charge on any atom is -0.0261 e. The van der Waals surface area contributed by atoms with Gasteiger partial charge < -0.3 is 0 Å². The second-order valence-corrected chi connectivity index (χ2v) is 7.49. The van der Waals surface area contributed by atoms with Gasteiger partial charge in [0.2, 0.25) is 0 Å². The van der Waals surface area contributed by atoms with E-state index in [9.17, 15) is 0 Å². The van der Waals surface area contributed by atoms with Crippen molar-refractivity contribution in [3.63, 3.8) is 0 Å². The Morgan fingerprint density at radius 1 is 0.875 bits per heavy atom. The van der Waals surface area contributed by atoms with Crippen molar-refractivity contribution >= 4 is 0 Å². The number of rotatable bonds is 7. The Balaban J connectivity index is 3.94. The summed E-state index contributed by atoms with van der Waals surface area (Å²) in [6.45, 7) is 16.5. The molecule has 0 N–H and O–H groups in total. The van der Waals surface area contributed by atoms with Gasteiger partial charge in [-0.3, -0.25) is 0 Å². The highest BCUT2D eigenvalue weighted by atomic mass is 14.3. The Kier molecular flexibility index (Phi) is 6.67. The van der Waals surface area contributed by atoms with Crippen molar-refractivity contribution in [2.75, 3.05) is 0 Å². The van der Waals surface area contributed by atoms with Gasteiger partial charge in [-0.1, -0.05) is 67.7 Å². The van der Waals surface area contributed by atoms with E-state index in [1.807, 2.05) is 0 Å². The van der Waals surface area contributed by atoms with Crippen LogP contribution in [0.15, 0.2) is 0 Å². The minimum Gasteiger partial charge on any atom is -0.0654 e. The van der Waals surface area contributed by atoms with Crippen LogP contribution < -0.4 is 0 Å². The molecule has 0 heteroatoms. The molecule has 16 heavy (non-hydrogen) atoms. The smallest absolute Gasteiger partial charge is 0.0261 e. The quantitative estimate of drug-likeness (QED) is 0.465. The largest absolute Gasteiger partial charge is 0.0654 e. The molecule has 0 saturated heterocycles. The zero-order valence-electron chi connectivity index (χ0n) is 12.7. The normalized spacial score (nSPS) is 13.5. The van der Waals surface area contributed by atoms with Crippen LogP contribution in [0.2, 0.25) is 0 Å². The van der Waals surface area contributed by atoms with Crippen molar-refractivity contribution in [1.82, 2.24) is 0 Å². The molecule has 0 amide bonds. The van der Waals surface area contributed by atoms with Crippen molar-refractivity contribution in [3.8, 4) is 0 Å². The highest BCUT2D eigenvalue weighted by Crippen LogP contribution is 2.37. The van der Waals surface area contributed by atoms with Crippen molar-refractivity contribution < 1.29 is 0 Å². The fourth-order valence-electron chi connectivity index (χ4n) is 2.73. The van der Waals surface area contributed by atoms with Crippen LogP contribution in [-0.4, -0.2) is 0 Å². The lowest BCUT2D eigenvalue weighted by atomic mass is 9.74. The fourth-order valence-corrected chi connectivity index (χ4v) is 2.73. The molecular formula is C16H33. The zero-order valence-corrected chi connectivity index (χ0v) is 12.7. The number of unbranched alkanes of at least 4 members (excludes halogenated alkanes) is 2. The summed E-state index contributed by atoms with van der Waals surface area (Å²) in [6, 6.07) is 0. The summed E-state index contributed by atoms with van der Waals surface area (Å²) in [4.78, 5) is 0. The monoisotopic (exact) mass is 225 g/mol. The minimum atomic E-state index is 0.448. The van der Waals surface area contributed by atoms with Crippen LogP contribution in [0.25, 0.3) is 0 Å². The van der Waals surface area contributed by atoms with Crippen molar-refractivity contribution in [2.45, 2.75) is 87.0 Å². The van der Waals surface area contributed by atoms with Crippen LogP contribution in [0, 0.1) is 16.7 Å². The third-order valence-electron chi connectivity index (χ3n) is 3.07. The molecule has 0 aliphatic carbocycles. The maximum atomic E-state index is 2.43. The second kappa shape index (κ2) is 6.67. The standard InChI is InChI=1S/C16H33/c1-8-9-10-11-16(6,7)13-14(2)12-15(3,4)5/h8-13H2,1-7H3. The van der Waals surface area contributed by atoms with E-state index in [0.29, 0.717) is 10.8 Å². The molecule has 0 atom stereocenters. The van der Waals surface area contributed by atoms with E-state index in [1.165, 1.54) is 38.5 Å². The molecule has 0 bridgehead atoms. The van der Waals surface area contributed by atoms with Gasteiger partial charge in [0.1, 0.15) is 0 Å². The van der Waals surface area contributed by atoms with Gasteiger partial charge in [0, 0.05) is 0 Å². The van der Waals surface area contributed by atoms with E-state index in [1.54, 1.807) is 5.92 Å². The molecular weight excluding hydrogens is 192 g/mol. The molecule has 0 nitrogen and oxygen atoms in total. The lowest BCUT2D eigenvalue weighted by molar-refractivity contribution is 0.278. The summed E-state index contributed by atoms with van der Waals surface area (Å²) in [7, 11) is 0. The Hall–Kier alpha value is 0. The average Bonchev–Trinajstić information content (AvgIpc) is 1.98. The third-order valence-corrected chi connectivity index (χ3v) is 3.07. The summed E-state index contributed by atoms with van der Waals surface area (Å²) < 4.78 is 0. The Morgan fingerprint density at radius 2 is 1.44 bits per heavy atom. The van der Waals surface area contributed by atoms with Gasteiger partial charge >= 0.3 is 0 Å². The first-order valence-electron chi connectivity index (χ1n) is 6.97. The van der Waals surface area contributed by atoms with E-state index < -0.39 is 0 Å². The summed E-state index contributed by atoms with van der Waals surface area (Å²) in [6.07, 6.45) is 8.06. The first kappa shape index (κ1) is 16.0. The summed E-state index contributed by atoms with van der Waals surface area (Å²) in [5, 5.41) is 0. The molecule has 0 saturated carbocycles. The van der Waals surface area contributed by atoms with Gasteiger partial charge in [-0.25, -0.2) is 0 Å². The molecule has 0 rings (SSSR count). The van der Waals surface area contributed by atoms with Gasteiger partial charge in [0.25, 0.3) is 0 Å². The Bertz CT molecular complexity index is 171. The first-order valence-corrected chi connectivity index (χ1v) is 6.97. The van der Waals surface area contributed by atoms with Gasteiger partial charge in [0.05, 0.1) is 0 Å². The number of hydrogen-bond acceptors (Lipinski definition) is 0. The fraction of sp³-hybridized carbons (Fsp3) is 0.938. The summed E-state index contributed by atoms with van der Waals surface area (Å²) in [5.74, 6) is 1.67. The first-order chi connectivity index (χ1) is 7.16.